The van der Waals surface area contributed by atoms with Crippen LogP contribution in [0.5, 0.6) is 5.75 Å². The molecule has 5 rings (SSSR count). The van der Waals surface area contributed by atoms with Crippen molar-refractivity contribution in [2.75, 3.05) is 12.0 Å². The summed E-state index contributed by atoms with van der Waals surface area (Å²) in [5.74, 6) is 2.38. The molecule has 1 saturated heterocycles. The number of fused-ring (bicyclic) bond motifs is 6. The summed E-state index contributed by atoms with van der Waals surface area (Å²) in [4.78, 5) is 19.3. The van der Waals surface area contributed by atoms with Crippen molar-refractivity contribution in [1.82, 2.24) is 14.8 Å². The fourth-order valence-corrected chi connectivity index (χ4v) is 3.97. The lowest BCUT2D eigenvalue weighted by Gasteiger charge is -2.40. The maximum Gasteiger partial charge on any atom is 0.229 e. The molecule has 3 heterocycles. The van der Waals surface area contributed by atoms with Crippen LogP contribution in [0.25, 0.3) is 22.8 Å². The van der Waals surface area contributed by atoms with Crippen molar-refractivity contribution in [1.29, 1.82) is 0 Å². The summed E-state index contributed by atoms with van der Waals surface area (Å²) in [7, 11) is 1.64. The van der Waals surface area contributed by atoms with Gasteiger partial charge in [-0.15, -0.1) is 5.10 Å². The van der Waals surface area contributed by atoms with Crippen LogP contribution in [-0.2, 0) is 10.5 Å². The first-order valence-electron chi connectivity index (χ1n) is 8.66. The van der Waals surface area contributed by atoms with E-state index in [1.54, 1.807) is 7.11 Å². The number of aromatic nitrogens is 3. The fourth-order valence-electron chi connectivity index (χ4n) is 3.97. The van der Waals surface area contributed by atoms with Gasteiger partial charge in [-0.25, -0.2) is 9.67 Å². The molecule has 6 nitrogen and oxygen atoms in total. The molecule has 0 radical (unpaired) electrons. The number of hydrogen-bond donors (Lipinski definition) is 0. The molecule has 6 heteroatoms. The molecular formula is C20H18N4O2. The van der Waals surface area contributed by atoms with Gasteiger partial charge in [0.2, 0.25) is 5.91 Å². The molecule has 2 aliphatic heterocycles. The SMILES string of the molecule is COc1ccc(-c2nc3n(n2)C2(C)CCC(=O)N2c2ccccc2-3)cc1. The number of hydrogen-bond acceptors (Lipinski definition) is 4. The van der Waals surface area contributed by atoms with Crippen LogP contribution in [0, 0.1) is 0 Å². The van der Waals surface area contributed by atoms with Crippen LogP contribution in [0.4, 0.5) is 5.69 Å². The van der Waals surface area contributed by atoms with E-state index in [1.165, 1.54) is 0 Å². The summed E-state index contributed by atoms with van der Waals surface area (Å²) in [5.41, 5.74) is 2.26. The van der Waals surface area contributed by atoms with Gasteiger partial charge >= 0.3 is 0 Å². The van der Waals surface area contributed by atoms with Crippen molar-refractivity contribution < 1.29 is 9.53 Å². The summed E-state index contributed by atoms with van der Waals surface area (Å²) >= 11 is 0. The van der Waals surface area contributed by atoms with Gasteiger partial charge in [0.25, 0.3) is 0 Å². The van der Waals surface area contributed by atoms with Crippen LogP contribution in [0.3, 0.4) is 0 Å². The lowest BCUT2D eigenvalue weighted by atomic mass is 10.0. The van der Waals surface area contributed by atoms with Crippen molar-refractivity contribution >= 4 is 11.6 Å². The minimum Gasteiger partial charge on any atom is -0.497 e. The molecule has 1 atom stereocenters. The van der Waals surface area contributed by atoms with E-state index in [0.29, 0.717) is 12.2 Å². The van der Waals surface area contributed by atoms with Crippen LogP contribution in [0.1, 0.15) is 19.8 Å². The molecule has 0 spiro atoms. The Hall–Kier alpha value is -3.15. The van der Waals surface area contributed by atoms with Gasteiger partial charge in [0.05, 0.1) is 12.8 Å². The fraction of sp³-hybridized carbons (Fsp3) is 0.250. The van der Waals surface area contributed by atoms with Gasteiger partial charge in [0.15, 0.2) is 11.6 Å². The summed E-state index contributed by atoms with van der Waals surface area (Å²) < 4.78 is 7.14. The normalized spacial score (nSPS) is 20.5. The van der Waals surface area contributed by atoms with E-state index in [2.05, 4.69) is 6.92 Å². The molecule has 1 aromatic heterocycles. The number of methoxy groups -OCH3 is 1. The second kappa shape index (κ2) is 5.17. The lowest BCUT2D eigenvalue weighted by Crippen LogP contribution is -2.49. The number of nitrogens with zero attached hydrogens (tertiary/aromatic N) is 4. The molecule has 0 saturated carbocycles. The molecule has 0 bridgehead atoms. The first kappa shape index (κ1) is 15.1. The molecule has 26 heavy (non-hydrogen) atoms. The van der Waals surface area contributed by atoms with Crippen molar-refractivity contribution in [2.45, 2.75) is 25.4 Å². The Bertz CT molecular complexity index is 1020. The van der Waals surface area contributed by atoms with Crippen molar-refractivity contribution in [2.24, 2.45) is 0 Å². The summed E-state index contributed by atoms with van der Waals surface area (Å²) in [6.45, 7) is 2.06. The Morgan fingerprint density at radius 1 is 1.12 bits per heavy atom. The Kier molecular flexibility index (Phi) is 3.01. The molecule has 2 aliphatic rings. The average Bonchev–Trinajstić information content (AvgIpc) is 3.25. The first-order valence-corrected chi connectivity index (χ1v) is 8.66. The van der Waals surface area contributed by atoms with E-state index >= 15 is 0 Å². The highest BCUT2D eigenvalue weighted by molar-refractivity contribution is 6.01. The molecule has 1 fully saturated rings. The zero-order chi connectivity index (χ0) is 17.9. The quantitative estimate of drug-likeness (QED) is 0.713. The van der Waals surface area contributed by atoms with E-state index in [-0.39, 0.29) is 5.91 Å². The van der Waals surface area contributed by atoms with Gasteiger partial charge in [0, 0.05) is 24.0 Å². The highest BCUT2D eigenvalue weighted by Gasteiger charge is 2.50. The Morgan fingerprint density at radius 3 is 2.65 bits per heavy atom. The minimum atomic E-state index is -0.515. The predicted molar refractivity (Wildman–Crippen MR) is 97.8 cm³/mol. The molecule has 2 aromatic carbocycles. The van der Waals surface area contributed by atoms with Crippen molar-refractivity contribution in [3.63, 3.8) is 0 Å². The maximum absolute atomic E-state index is 12.6. The number of carbonyl (C=O) groups is 1. The standard InChI is InChI=1S/C20H18N4O2/c1-20-12-11-17(25)23(20)16-6-4-3-5-15(16)19-21-18(22-24(19)20)13-7-9-14(26-2)10-8-13/h3-10H,11-12H2,1-2H3. The highest BCUT2D eigenvalue weighted by Crippen LogP contribution is 2.48. The Morgan fingerprint density at radius 2 is 1.88 bits per heavy atom. The maximum atomic E-state index is 12.6. The van der Waals surface area contributed by atoms with Crippen LogP contribution in [0.2, 0.25) is 0 Å². The lowest BCUT2D eigenvalue weighted by molar-refractivity contribution is -0.117. The van der Waals surface area contributed by atoms with E-state index in [4.69, 9.17) is 14.8 Å². The number of para-hydroxylation sites is 1. The zero-order valence-corrected chi connectivity index (χ0v) is 14.6. The third-order valence-electron chi connectivity index (χ3n) is 5.34. The first-order chi connectivity index (χ1) is 12.6. The molecular weight excluding hydrogens is 328 g/mol. The molecule has 3 aromatic rings. The minimum absolute atomic E-state index is 0.132. The summed E-state index contributed by atoms with van der Waals surface area (Å²) in [6.07, 6.45) is 1.24. The highest BCUT2D eigenvalue weighted by atomic mass is 16.5. The third-order valence-corrected chi connectivity index (χ3v) is 5.34. The van der Waals surface area contributed by atoms with Crippen molar-refractivity contribution in [3.05, 3.63) is 48.5 Å². The molecule has 0 N–H and O–H groups in total. The van der Waals surface area contributed by atoms with E-state index < -0.39 is 5.66 Å². The van der Waals surface area contributed by atoms with Gasteiger partial charge in [-0.3, -0.25) is 9.69 Å². The molecule has 0 aliphatic carbocycles. The summed E-state index contributed by atoms with van der Waals surface area (Å²) in [6, 6.07) is 15.6. The van der Waals surface area contributed by atoms with Gasteiger partial charge in [0.1, 0.15) is 11.4 Å². The van der Waals surface area contributed by atoms with Crippen LogP contribution >= 0.6 is 0 Å². The third kappa shape index (κ3) is 1.89. The topological polar surface area (TPSA) is 60.2 Å². The van der Waals surface area contributed by atoms with Gasteiger partial charge in [-0.1, -0.05) is 12.1 Å². The van der Waals surface area contributed by atoms with E-state index in [1.807, 2.05) is 58.1 Å². The van der Waals surface area contributed by atoms with E-state index in [9.17, 15) is 4.79 Å². The van der Waals surface area contributed by atoms with Crippen LogP contribution in [-0.4, -0.2) is 27.8 Å². The number of carbonyl (C=O) groups excluding carboxylic acids is 1. The van der Waals surface area contributed by atoms with Gasteiger partial charge in [-0.05, 0) is 43.3 Å². The number of amides is 1. The van der Waals surface area contributed by atoms with Crippen molar-refractivity contribution in [3.8, 4) is 28.5 Å². The Balaban J connectivity index is 1.72. The zero-order valence-electron chi connectivity index (χ0n) is 14.6. The Labute approximate surface area is 151 Å². The summed E-state index contributed by atoms with van der Waals surface area (Å²) in [5, 5.41) is 4.80. The molecule has 1 amide bonds. The molecule has 130 valence electrons. The second-order valence-electron chi connectivity index (χ2n) is 6.86. The van der Waals surface area contributed by atoms with Crippen LogP contribution in [0.15, 0.2) is 48.5 Å². The van der Waals surface area contributed by atoms with Gasteiger partial charge < -0.3 is 4.74 Å². The number of anilines is 1. The predicted octanol–water partition coefficient (Wildman–Crippen LogP) is 3.43. The monoisotopic (exact) mass is 346 g/mol. The van der Waals surface area contributed by atoms with Gasteiger partial charge in [-0.2, -0.15) is 0 Å². The van der Waals surface area contributed by atoms with E-state index in [0.717, 1.165) is 34.8 Å². The largest absolute Gasteiger partial charge is 0.497 e. The number of rotatable bonds is 2. The number of benzene rings is 2. The average molecular weight is 346 g/mol. The second-order valence-corrected chi connectivity index (χ2v) is 6.86. The number of ether oxygens (including phenoxy) is 1. The smallest absolute Gasteiger partial charge is 0.229 e. The van der Waals surface area contributed by atoms with Crippen LogP contribution < -0.4 is 9.64 Å². The molecule has 1 unspecified atom stereocenters.